The van der Waals surface area contributed by atoms with Crippen LogP contribution in [0.25, 0.3) is 0 Å². The van der Waals surface area contributed by atoms with E-state index in [0.717, 1.165) is 0 Å². The summed E-state index contributed by atoms with van der Waals surface area (Å²) in [7, 11) is 0. The molecule has 1 amide bonds. The molecule has 19 heavy (non-hydrogen) atoms. The van der Waals surface area contributed by atoms with E-state index >= 15 is 0 Å². The Kier molecular flexibility index (Phi) is 3.70. The topological polar surface area (TPSA) is 104 Å². The second-order valence-electron chi connectivity index (χ2n) is 4.18. The lowest BCUT2D eigenvalue weighted by molar-refractivity contribution is 0.0933. The highest BCUT2D eigenvalue weighted by Crippen LogP contribution is 2.21. The van der Waals surface area contributed by atoms with Crippen molar-refractivity contribution >= 4 is 11.6 Å². The number of anilines is 1. The van der Waals surface area contributed by atoms with E-state index in [-0.39, 0.29) is 23.4 Å². The largest absolute Gasteiger partial charge is 0.506 e. The van der Waals surface area contributed by atoms with Gasteiger partial charge < -0.3 is 21.1 Å². The Morgan fingerprint density at radius 3 is 2.95 bits per heavy atom. The number of imidazole rings is 1. The van der Waals surface area contributed by atoms with Crippen LogP contribution in [0.1, 0.15) is 35.6 Å². The van der Waals surface area contributed by atoms with Gasteiger partial charge in [-0.3, -0.25) is 4.79 Å². The number of nitrogen functional groups attached to an aromatic ring is 1. The lowest BCUT2D eigenvalue weighted by Gasteiger charge is -2.15. The van der Waals surface area contributed by atoms with Gasteiger partial charge in [-0.25, -0.2) is 4.98 Å². The van der Waals surface area contributed by atoms with Crippen molar-refractivity contribution in [2.75, 3.05) is 5.73 Å². The third-order valence-electron chi connectivity index (χ3n) is 2.86. The van der Waals surface area contributed by atoms with Crippen LogP contribution < -0.4 is 11.1 Å². The van der Waals surface area contributed by atoms with Crippen LogP contribution in [0.5, 0.6) is 5.75 Å². The number of carbonyl (C=O) groups excluding carboxylic acids is 1. The van der Waals surface area contributed by atoms with Gasteiger partial charge in [-0.05, 0) is 24.6 Å². The number of nitrogens with zero attached hydrogens (tertiary/aromatic N) is 1. The molecule has 5 N–H and O–H groups in total. The summed E-state index contributed by atoms with van der Waals surface area (Å²) in [4.78, 5) is 19.2. The minimum absolute atomic E-state index is 0.0984. The predicted octanol–water partition coefficient (Wildman–Crippen LogP) is 1.58. The molecule has 0 aliphatic heterocycles. The first-order valence-corrected chi connectivity index (χ1v) is 6.00. The van der Waals surface area contributed by atoms with Crippen LogP contribution in [0.15, 0.2) is 30.6 Å². The SMILES string of the molecule is CCC(NC(=O)c1ccc(N)c(O)c1)c1ncc[nH]1. The number of aromatic amines is 1. The number of phenols is 1. The molecule has 1 aromatic carbocycles. The summed E-state index contributed by atoms with van der Waals surface area (Å²) < 4.78 is 0. The molecular formula is C13H16N4O2. The number of phenolic OH excluding ortho intramolecular Hbond substituents is 1. The molecule has 6 heteroatoms. The van der Waals surface area contributed by atoms with Crippen molar-refractivity contribution < 1.29 is 9.90 Å². The summed E-state index contributed by atoms with van der Waals surface area (Å²) in [6, 6.07) is 4.22. The summed E-state index contributed by atoms with van der Waals surface area (Å²) in [5.41, 5.74) is 6.10. The Hall–Kier alpha value is -2.50. The van der Waals surface area contributed by atoms with Crippen LogP contribution in [0, 0.1) is 0 Å². The number of aromatic hydroxyl groups is 1. The highest BCUT2D eigenvalue weighted by atomic mass is 16.3. The molecule has 2 rings (SSSR count). The van der Waals surface area contributed by atoms with E-state index in [0.29, 0.717) is 17.8 Å². The zero-order chi connectivity index (χ0) is 13.8. The number of hydrogen-bond donors (Lipinski definition) is 4. The average Bonchev–Trinajstić information content (AvgIpc) is 2.92. The van der Waals surface area contributed by atoms with Crippen LogP contribution in [-0.2, 0) is 0 Å². The molecule has 0 saturated carbocycles. The van der Waals surface area contributed by atoms with Crippen molar-refractivity contribution in [3.05, 3.63) is 42.0 Å². The van der Waals surface area contributed by atoms with Crippen LogP contribution in [0.4, 0.5) is 5.69 Å². The van der Waals surface area contributed by atoms with E-state index in [1.54, 1.807) is 18.5 Å². The van der Waals surface area contributed by atoms with Crippen LogP contribution >= 0.6 is 0 Å². The summed E-state index contributed by atoms with van der Waals surface area (Å²) in [6.45, 7) is 1.95. The molecule has 0 aliphatic rings. The van der Waals surface area contributed by atoms with Gasteiger partial charge in [0.1, 0.15) is 11.6 Å². The van der Waals surface area contributed by atoms with Gasteiger partial charge in [0.05, 0.1) is 11.7 Å². The number of nitrogens with one attached hydrogen (secondary N) is 2. The van der Waals surface area contributed by atoms with Gasteiger partial charge in [0, 0.05) is 18.0 Å². The monoisotopic (exact) mass is 260 g/mol. The van der Waals surface area contributed by atoms with Crippen molar-refractivity contribution in [3.63, 3.8) is 0 Å². The molecule has 0 aliphatic carbocycles. The fourth-order valence-electron chi connectivity index (χ4n) is 1.76. The smallest absolute Gasteiger partial charge is 0.252 e. The molecule has 0 spiro atoms. The number of nitrogens with two attached hydrogens (primary N) is 1. The van der Waals surface area contributed by atoms with E-state index in [1.165, 1.54) is 12.1 Å². The summed E-state index contributed by atoms with van der Waals surface area (Å²) in [6.07, 6.45) is 4.05. The molecular weight excluding hydrogens is 244 g/mol. The van der Waals surface area contributed by atoms with Gasteiger partial charge in [0.25, 0.3) is 5.91 Å². The third kappa shape index (κ3) is 2.85. The first-order chi connectivity index (χ1) is 9.11. The molecule has 0 fully saturated rings. The van der Waals surface area contributed by atoms with E-state index in [1.807, 2.05) is 6.92 Å². The first kappa shape index (κ1) is 12.9. The van der Waals surface area contributed by atoms with Crippen molar-refractivity contribution in [2.24, 2.45) is 0 Å². The normalized spacial score (nSPS) is 12.1. The minimum Gasteiger partial charge on any atom is -0.506 e. The van der Waals surface area contributed by atoms with Gasteiger partial charge in [-0.15, -0.1) is 0 Å². The maximum absolute atomic E-state index is 12.1. The zero-order valence-electron chi connectivity index (χ0n) is 10.6. The number of rotatable bonds is 4. The molecule has 1 heterocycles. The quantitative estimate of drug-likeness (QED) is 0.495. The molecule has 0 saturated heterocycles. The molecule has 1 aromatic heterocycles. The maximum Gasteiger partial charge on any atom is 0.252 e. The number of amides is 1. The van der Waals surface area contributed by atoms with Crippen molar-refractivity contribution in [1.82, 2.24) is 15.3 Å². The van der Waals surface area contributed by atoms with E-state index in [4.69, 9.17) is 5.73 Å². The fourth-order valence-corrected chi connectivity index (χ4v) is 1.76. The zero-order valence-corrected chi connectivity index (χ0v) is 10.6. The lowest BCUT2D eigenvalue weighted by atomic mass is 10.1. The Bertz CT molecular complexity index is 566. The summed E-state index contributed by atoms with van der Waals surface area (Å²) >= 11 is 0. The van der Waals surface area contributed by atoms with E-state index in [2.05, 4.69) is 15.3 Å². The molecule has 6 nitrogen and oxygen atoms in total. The average molecular weight is 260 g/mol. The van der Waals surface area contributed by atoms with Crippen molar-refractivity contribution in [2.45, 2.75) is 19.4 Å². The van der Waals surface area contributed by atoms with Crippen LogP contribution in [0.2, 0.25) is 0 Å². The van der Waals surface area contributed by atoms with Crippen molar-refractivity contribution in [3.8, 4) is 5.75 Å². The highest BCUT2D eigenvalue weighted by molar-refractivity contribution is 5.95. The second-order valence-corrected chi connectivity index (χ2v) is 4.18. The molecule has 1 unspecified atom stereocenters. The van der Waals surface area contributed by atoms with E-state index in [9.17, 15) is 9.90 Å². The van der Waals surface area contributed by atoms with Gasteiger partial charge in [0.15, 0.2) is 0 Å². The third-order valence-corrected chi connectivity index (χ3v) is 2.86. The molecule has 100 valence electrons. The number of carbonyl (C=O) groups is 1. The fraction of sp³-hybridized carbons (Fsp3) is 0.231. The van der Waals surface area contributed by atoms with Crippen molar-refractivity contribution in [1.29, 1.82) is 0 Å². The summed E-state index contributed by atoms with van der Waals surface area (Å²) in [5.74, 6) is 0.327. The second kappa shape index (κ2) is 5.43. The van der Waals surface area contributed by atoms with Crippen LogP contribution in [-0.4, -0.2) is 21.0 Å². The highest BCUT2D eigenvalue weighted by Gasteiger charge is 2.16. The molecule has 0 bridgehead atoms. The van der Waals surface area contributed by atoms with E-state index < -0.39 is 0 Å². The number of aromatic nitrogens is 2. The number of H-pyrrole nitrogens is 1. The predicted molar refractivity (Wildman–Crippen MR) is 71.6 cm³/mol. The Morgan fingerprint density at radius 2 is 2.37 bits per heavy atom. The number of benzene rings is 1. The van der Waals surface area contributed by atoms with Gasteiger partial charge in [0.2, 0.25) is 0 Å². The van der Waals surface area contributed by atoms with Crippen LogP contribution in [0.3, 0.4) is 0 Å². The standard InChI is InChI=1S/C13H16N4O2/c1-2-10(12-15-5-6-16-12)17-13(19)8-3-4-9(14)11(18)7-8/h3-7,10,18H,2,14H2,1H3,(H,15,16)(H,17,19). The molecule has 1 atom stereocenters. The Morgan fingerprint density at radius 1 is 1.58 bits per heavy atom. The molecule has 2 aromatic rings. The first-order valence-electron chi connectivity index (χ1n) is 6.00. The Labute approximate surface area is 110 Å². The molecule has 0 radical (unpaired) electrons. The minimum atomic E-state index is -0.279. The van der Waals surface area contributed by atoms with Gasteiger partial charge >= 0.3 is 0 Å². The van der Waals surface area contributed by atoms with Gasteiger partial charge in [-0.2, -0.15) is 0 Å². The maximum atomic E-state index is 12.1. The lowest BCUT2D eigenvalue weighted by Crippen LogP contribution is -2.28. The summed E-state index contributed by atoms with van der Waals surface area (Å²) in [5, 5.41) is 12.3. The van der Waals surface area contributed by atoms with Gasteiger partial charge in [-0.1, -0.05) is 6.92 Å². The number of hydrogen-bond acceptors (Lipinski definition) is 4. The Balaban J connectivity index is 2.13.